The molecule has 0 heterocycles. The van der Waals surface area contributed by atoms with E-state index in [1.807, 2.05) is 0 Å². The third kappa shape index (κ3) is 4.17. The Bertz CT molecular complexity index is 693. The zero-order chi connectivity index (χ0) is 17.7. The van der Waals surface area contributed by atoms with Gasteiger partial charge in [-0.15, -0.1) is 0 Å². The number of ether oxygens (including phenoxy) is 3. The van der Waals surface area contributed by atoms with Gasteiger partial charge in [0, 0.05) is 0 Å². The molecule has 24 heavy (non-hydrogen) atoms. The predicted molar refractivity (Wildman–Crippen MR) is 87.8 cm³/mol. The largest absolute Gasteiger partial charge is 0.507 e. The predicted octanol–water partition coefficient (Wildman–Crippen LogP) is 2.77. The average Bonchev–Trinajstić information content (AvgIpc) is 2.54. The number of phenols is 1. The minimum Gasteiger partial charge on any atom is -0.507 e. The van der Waals surface area contributed by atoms with Gasteiger partial charge in [-0.2, -0.15) is 0 Å². The molecule has 2 atom stereocenters. The highest BCUT2D eigenvalue weighted by atomic mass is 16.7. The van der Waals surface area contributed by atoms with Crippen LogP contribution in [0.25, 0.3) is 0 Å². The van der Waals surface area contributed by atoms with Crippen molar-refractivity contribution >= 4 is 5.78 Å². The summed E-state index contributed by atoms with van der Waals surface area (Å²) in [6.07, 6.45) is -2.03. The molecule has 0 bridgehead atoms. The Morgan fingerprint density at radius 1 is 1.04 bits per heavy atom. The summed E-state index contributed by atoms with van der Waals surface area (Å²) in [4.78, 5) is 11.7. The lowest BCUT2D eigenvalue weighted by Crippen LogP contribution is -2.35. The summed E-state index contributed by atoms with van der Waals surface area (Å²) in [5.41, 5.74) is 0.0430. The van der Waals surface area contributed by atoms with Crippen LogP contribution in [0.1, 0.15) is 24.2 Å². The first-order valence-corrected chi connectivity index (χ1v) is 7.40. The number of carbonyl (C=O) groups excluding carboxylic acids is 1. The number of aliphatic hydroxyl groups is 1. The molecule has 0 aliphatic rings. The van der Waals surface area contributed by atoms with Crippen LogP contribution < -0.4 is 14.2 Å². The monoisotopic (exact) mass is 332 g/mol. The molecular weight excluding hydrogens is 312 g/mol. The standard InChI is InChI=1S/C18H20O6/c1-11(19)17-15(21)5-4-6-16(17)24-18(12(2)20)23-14-9-7-13(22-3)8-10-14/h4-10,12,18,20-21H,1-3H3. The number of benzene rings is 2. The van der Waals surface area contributed by atoms with Crippen molar-refractivity contribution in [2.24, 2.45) is 0 Å². The second-order valence-corrected chi connectivity index (χ2v) is 5.23. The molecule has 2 unspecified atom stereocenters. The molecule has 0 aliphatic heterocycles. The normalized spacial score (nSPS) is 13.0. The van der Waals surface area contributed by atoms with Crippen molar-refractivity contribution in [3.8, 4) is 23.0 Å². The maximum Gasteiger partial charge on any atom is 0.266 e. The third-order valence-electron chi connectivity index (χ3n) is 3.30. The number of aliphatic hydroxyl groups excluding tert-OH is 1. The van der Waals surface area contributed by atoms with Crippen LogP contribution in [0.2, 0.25) is 0 Å². The van der Waals surface area contributed by atoms with Crippen molar-refractivity contribution in [3.63, 3.8) is 0 Å². The van der Waals surface area contributed by atoms with Crippen molar-refractivity contribution in [2.45, 2.75) is 26.2 Å². The zero-order valence-corrected chi connectivity index (χ0v) is 13.7. The van der Waals surface area contributed by atoms with Gasteiger partial charge in [0.15, 0.2) is 5.78 Å². The fourth-order valence-corrected chi connectivity index (χ4v) is 2.11. The van der Waals surface area contributed by atoms with Gasteiger partial charge in [0.1, 0.15) is 34.7 Å². The number of rotatable bonds is 7. The molecule has 0 saturated heterocycles. The lowest BCUT2D eigenvalue weighted by atomic mass is 10.1. The summed E-state index contributed by atoms with van der Waals surface area (Å²) >= 11 is 0. The molecule has 0 aliphatic carbocycles. The fraction of sp³-hybridized carbons (Fsp3) is 0.278. The molecule has 0 aromatic heterocycles. The van der Waals surface area contributed by atoms with Gasteiger partial charge in [0.05, 0.1) is 7.11 Å². The molecule has 0 saturated carbocycles. The first kappa shape index (κ1) is 17.6. The number of aromatic hydroxyl groups is 1. The molecular formula is C18H20O6. The topological polar surface area (TPSA) is 85.2 Å². The van der Waals surface area contributed by atoms with Crippen molar-refractivity contribution in [1.82, 2.24) is 0 Å². The molecule has 0 spiro atoms. The minimum absolute atomic E-state index is 0.0430. The van der Waals surface area contributed by atoms with Crippen LogP contribution in [0.5, 0.6) is 23.0 Å². The molecule has 2 rings (SSSR count). The van der Waals surface area contributed by atoms with Gasteiger partial charge < -0.3 is 24.4 Å². The lowest BCUT2D eigenvalue weighted by molar-refractivity contribution is -0.0780. The van der Waals surface area contributed by atoms with Crippen molar-refractivity contribution in [1.29, 1.82) is 0 Å². The molecule has 2 aromatic rings. The number of carbonyl (C=O) groups is 1. The lowest BCUT2D eigenvalue weighted by Gasteiger charge is -2.24. The summed E-state index contributed by atoms with van der Waals surface area (Å²) in [5, 5.41) is 19.8. The van der Waals surface area contributed by atoms with Crippen LogP contribution in [0, 0.1) is 0 Å². The second-order valence-electron chi connectivity index (χ2n) is 5.23. The average molecular weight is 332 g/mol. The van der Waals surface area contributed by atoms with Crippen LogP contribution in [-0.2, 0) is 0 Å². The van der Waals surface area contributed by atoms with Crippen molar-refractivity contribution in [3.05, 3.63) is 48.0 Å². The van der Waals surface area contributed by atoms with Gasteiger partial charge in [-0.05, 0) is 50.2 Å². The highest BCUT2D eigenvalue weighted by Crippen LogP contribution is 2.29. The smallest absolute Gasteiger partial charge is 0.266 e. The van der Waals surface area contributed by atoms with Gasteiger partial charge in [0.2, 0.25) is 0 Å². The van der Waals surface area contributed by atoms with Gasteiger partial charge in [0.25, 0.3) is 6.29 Å². The molecule has 6 nitrogen and oxygen atoms in total. The molecule has 0 fully saturated rings. The Labute approximate surface area is 140 Å². The van der Waals surface area contributed by atoms with E-state index in [-0.39, 0.29) is 22.8 Å². The van der Waals surface area contributed by atoms with E-state index in [0.29, 0.717) is 11.5 Å². The Morgan fingerprint density at radius 2 is 1.67 bits per heavy atom. The summed E-state index contributed by atoms with van der Waals surface area (Å²) in [7, 11) is 1.56. The fourth-order valence-electron chi connectivity index (χ4n) is 2.11. The van der Waals surface area contributed by atoms with E-state index in [0.717, 1.165) is 0 Å². The molecule has 128 valence electrons. The highest BCUT2D eigenvalue weighted by Gasteiger charge is 2.23. The SMILES string of the molecule is COc1ccc(OC(Oc2cccc(O)c2C(C)=O)C(C)O)cc1. The first-order chi connectivity index (χ1) is 11.4. The van der Waals surface area contributed by atoms with Crippen molar-refractivity contribution in [2.75, 3.05) is 7.11 Å². The van der Waals surface area contributed by atoms with Crippen LogP contribution in [0.4, 0.5) is 0 Å². The summed E-state index contributed by atoms with van der Waals surface area (Å²) in [5.74, 6) is 0.738. The number of hydrogen-bond acceptors (Lipinski definition) is 6. The van der Waals surface area contributed by atoms with E-state index in [4.69, 9.17) is 14.2 Å². The van der Waals surface area contributed by atoms with E-state index < -0.39 is 12.4 Å². The van der Waals surface area contributed by atoms with E-state index >= 15 is 0 Å². The van der Waals surface area contributed by atoms with Crippen LogP contribution >= 0.6 is 0 Å². The summed E-state index contributed by atoms with van der Waals surface area (Å²) in [6, 6.07) is 11.2. The van der Waals surface area contributed by atoms with Crippen LogP contribution in [-0.4, -0.2) is 35.5 Å². The van der Waals surface area contributed by atoms with Gasteiger partial charge in [-0.1, -0.05) is 6.07 Å². The summed E-state index contributed by atoms with van der Waals surface area (Å²) < 4.78 is 16.3. The van der Waals surface area contributed by atoms with Gasteiger partial charge in [-0.3, -0.25) is 4.79 Å². The number of phenolic OH excluding ortho intramolecular Hbond substituents is 1. The number of hydrogen-bond donors (Lipinski definition) is 2. The van der Waals surface area contributed by atoms with Crippen LogP contribution in [0.15, 0.2) is 42.5 Å². The Balaban J connectivity index is 2.23. The van der Waals surface area contributed by atoms with E-state index in [1.165, 1.54) is 26.0 Å². The molecule has 0 radical (unpaired) electrons. The van der Waals surface area contributed by atoms with E-state index in [9.17, 15) is 15.0 Å². The van der Waals surface area contributed by atoms with Gasteiger partial charge in [-0.25, -0.2) is 0 Å². The maximum absolute atomic E-state index is 11.7. The van der Waals surface area contributed by atoms with Crippen LogP contribution in [0.3, 0.4) is 0 Å². The molecule has 2 N–H and O–H groups in total. The highest BCUT2D eigenvalue weighted by molar-refractivity contribution is 5.99. The van der Waals surface area contributed by atoms with Crippen molar-refractivity contribution < 1.29 is 29.2 Å². The first-order valence-electron chi connectivity index (χ1n) is 7.40. The number of methoxy groups -OCH3 is 1. The quantitative estimate of drug-likeness (QED) is 0.599. The molecule has 2 aromatic carbocycles. The van der Waals surface area contributed by atoms with E-state index in [2.05, 4.69) is 0 Å². The maximum atomic E-state index is 11.7. The Hall–Kier alpha value is -2.73. The Kier molecular flexibility index (Phi) is 5.65. The van der Waals surface area contributed by atoms with Gasteiger partial charge >= 0.3 is 0 Å². The Morgan fingerprint density at radius 3 is 2.21 bits per heavy atom. The molecule has 0 amide bonds. The third-order valence-corrected chi connectivity index (χ3v) is 3.30. The number of ketones is 1. The minimum atomic E-state index is -1.06. The zero-order valence-electron chi connectivity index (χ0n) is 13.7. The second kappa shape index (κ2) is 7.70. The van der Waals surface area contributed by atoms with E-state index in [1.54, 1.807) is 37.4 Å². The summed E-state index contributed by atoms with van der Waals surface area (Å²) in [6.45, 7) is 2.83. The molecule has 6 heteroatoms. The number of Topliss-reactive ketones (excluding diaryl/α,β-unsaturated/α-hetero) is 1.